The molecule has 0 bridgehead atoms. The van der Waals surface area contributed by atoms with Crippen LogP contribution in [0.2, 0.25) is 0 Å². The first-order chi connectivity index (χ1) is 54.9. The minimum Gasteiger partial charge on any atom is -0.512 e. The Labute approximate surface area is 684 Å². The third kappa shape index (κ3) is 18.6. The Balaban J connectivity index is 0.000000165. The molecule has 18 rings (SSSR count). The van der Waals surface area contributed by atoms with Gasteiger partial charge >= 0.3 is 0 Å². The van der Waals surface area contributed by atoms with Crippen LogP contribution in [0.25, 0.3) is 138 Å². The molecule has 0 atom stereocenters. The van der Waals surface area contributed by atoms with Crippen molar-refractivity contribution in [2.75, 3.05) is 11.0 Å². The van der Waals surface area contributed by atoms with Crippen molar-refractivity contribution in [2.45, 2.75) is 40.0 Å². The minimum absolute atomic E-state index is 0. The molecule has 9 nitrogen and oxygen atoms in total. The molecule has 14 heteroatoms. The van der Waals surface area contributed by atoms with Gasteiger partial charge in [0.1, 0.15) is 21.5 Å². The Morgan fingerprint density at radius 1 is 0.447 bits per heavy atom. The van der Waals surface area contributed by atoms with Crippen LogP contribution in [0.1, 0.15) is 40.3 Å². The molecule has 0 saturated carbocycles. The normalized spacial score (nSPS) is 11.3. The van der Waals surface area contributed by atoms with E-state index in [2.05, 4.69) is 360 Å². The summed E-state index contributed by atoms with van der Waals surface area (Å²) < 4.78 is 2.37. The molecule has 0 aliphatic heterocycles. The molecule has 7 radical (unpaired) electrons. The number of allylic oxidation sites excluding steroid dienone is 2. The molecule has 4 aromatic heterocycles. The Hall–Kier alpha value is -12.6. The maximum atomic E-state index is 10.0. The van der Waals surface area contributed by atoms with Gasteiger partial charge in [-0.25, -0.2) is 4.98 Å². The fraction of sp³-hybridized carbons (Fsp3) is 0.0700. The maximum absolute atomic E-state index is 10.0. The third-order valence-corrected chi connectivity index (χ3v) is 20.1. The van der Waals surface area contributed by atoms with E-state index in [9.17, 15) is 4.79 Å². The summed E-state index contributed by atoms with van der Waals surface area (Å²) in [5.74, 6) is -0.0625. The number of fused-ring (bicyclic) bond motifs is 8. The van der Waals surface area contributed by atoms with Crippen LogP contribution in [0.4, 0.5) is 17.1 Å². The van der Waals surface area contributed by atoms with Gasteiger partial charge in [-0.1, -0.05) is 269 Å². The third-order valence-electron chi connectivity index (χ3n) is 19.5. The monoisotopic (exact) mass is 1670 g/mol. The van der Waals surface area contributed by atoms with E-state index < -0.39 is 6.81 Å². The van der Waals surface area contributed by atoms with Crippen molar-refractivity contribution in [1.29, 1.82) is 5.16 Å². The predicted molar refractivity (Wildman–Crippen MR) is 479 cm³/mol. The second kappa shape index (κ2) is 36.3. The summed E-state index contributed by atoms with van der Waals surface area (Å²) in [5.41, 5.74) is 23.8. The number of benzene rings is 14. The number of ketones is 1. The quantitative estimate of drug-likeness (QED) is 0.0312. The number of para-hydroxylation sites is 2. The van der Waals surface area contributed by atoms with Crippen molar-refractivity contribution >= 4 is 118 Å². The molecule has 551 valence electrons. The van der Waals surface area contributed by atoms with Crippen molar-refractivity contribution in [3.63, 3.8) is 0 Å². The zero-order chi connectivity index (χ0) is 78.4. The fourth-order valence-electron chi connectivity index (χ4n) is 14.1. The van der Waals surface area contributed by atoms with Crippen LogP contribution in [-0.2, 0) is 30.3 Å². The van der Waals surface area contributed by atoms with E-state index in [1.54, 1.807) is 6.33 Å². The van der Waals surface area contributed by atoms with Crippen LogP contribution in [0.15, 0.2) is 376 Å². The molecule has 0 aliphatic carbocycles. The topological polar surface area (TPSA) is 121 Å². The van der Waals surface area contributed by atoms with Gasteiger partial charge in [0.2, 0.25) is 0 Å². The number of nitrogens with zero attached hydrogens (tertiary/aromatic N) is 6. The molecular formula is C100H80B3IrN7O2P-. The van der Waals surface area contributed by atoms with Gasteiger partial charge in [-0.2, -0.15) is 0 Å². The second-order valence-electron chi connectivity index (χ2n) is 28.6. The molecule has 0 unspecified atom stereocenters. The summed E-state index contributed by atoms with van der Waals surface area (Å²) in [6.07, 6.45) is 6.54. The van der Waals surface area contributed by atoms with Crippen molar-refractivity contribution < 1.29 is 30.0 Å². The van der Waals surface area contributed by atoms with E-state index in [0.29, 0.717) is 0 Å². The van der Waals surface area contributed by atoms with Crippen LogP contribution < -0.4 is 4.90 Å². The number of rotatable bonds is 12. The first kappa shape index (κ1) is 79.5. The minimum atomic E-state index is -2.37. The zero-order valence-corrected chi connectivity index (χ0v) is 67.3. The number of aromatic nitrogens is 5. The van der Waals surface area contributed by atoms with Gasteiger partial charge in [-0.05, 0) is 176 Å². The number of hydrogen-bond donors (Lipinski definition) is 2. The molecular weight excluding hydrogens is 1590 g/mol. The molecule has 4 heterocycles. The van der Waals surface area contributed by atoms with Crippen molar-refractivity contribution in [3.8, 4) is 72.6 Å². The van der Waals surface area contributed by atoms with Crippen LogP contribution in [0.5, 0.6) is 0 Å². The SMILES string of the molecule is CC(=O)C=C(C)O.CC(C)(C)c1cc(-c2[c-]cccc2)ncn1.[B]CP([B])([B])=N.[Ir].c1ccc(-c2ccnc3c2ccc2c(-c4ccccc4)ccnc23)cc1.c1ccc(-n2c3ccccc3c3cc(-c4ccc(N(c5ccc(-c6cccc7ccccc67)cc5)c5ccc(-c6cccc7ccccc67)cc5)cc4)ccc32)cc1. The molecule has 0 amide bonds. The average Bonchev–Trinajstić information content (AvgIpc) is 1.39. The summed E-state index contributed by atoms with van der Waals surface area (Å²) in [5, 5.41) is 24.9. The molecule has 0 aliphatic rings. The van der Waals surface area contributed by atoms with Gasteiger partial charge in [-0.15, -0.1) is 42.7 Å². The summed E-state index contributed by atoms with van der Waals surface area (Å²) in [6.45, 7) is 6.92. The van der Waals surface area contributed by atoms with E-state index >= 15 is 0 Å². The summed E-state index contributed by atoms with van der Waals surface area (Å²) in [6, 6.07) is 126. The second-order valence-corrected chi connectivity index (χ2v) is 30.8. The Morgan fingerprint density at radius 3 is 1.33 bits per heavy atom. The first-order valence-electron chi connectivity index (χ1n) is 37.5. The van der Waals surface area contributed by atoms with E-state index in [-0.39, 0.29) is 43.1 Å². The van der Waals surface area contributed by atoms with Crippen LogP contribution in [0.3, 0.4) is 0 Å². The average molecular weight is 1670 g/mol. The van der Waals surface area contributed by atoms with Gasteiger partial charge in [0, 0.05) is 94.0 Å². The molecule has 0 fully saturated rings. The number of anilines is 3. The van der Waals surface area contributed by atoms with Crippen LogP contribution in [0, 0.1) is 11.2 Å². The smallest absolute Gasteiger partial charge is 0.155 e. The first-order valence-corrected chi connectivity index (χ1v) is 39.6. The van der Waals surface area contributed by atoms with Gasteiger partial charge in [-0.3, -0.25) is 19.7 Å². The molecule has 0 spiro atoms. The molecule has 114 heavy (non-hydrogen) atoms. The largest absolute Gasteiger partial charge is 0.512 e. The molecule has 18 aromatic rings. The van der Waals surface area contributed by atoms with Gasteiger partial charge in [0.25, 0.3) is 0 Å². The molecule has 14 aromatic carbocycles. The standard InChI is InChI=1S/C56H38N2.C24H16N2.C14H15N2.C5H8O2.CH3B3NP.Ir/c1-2-16-45(17-3-1)58-55-23-9-8-20-53(55)54-38-44(30-37-56(54)58)39-24-31-46(32-25-39)57(47-33-26-42(27-34-47)51-21-10-14-40-12-4-6-18-49(40)51)48-35-28-43(29-36-48)52-22-11-15-41-13-5-7-19-50(41)52;1-3-7-17(8-4-1)19-13-15-25-23-21(19)11-12-22-20(14-16-26-24(22)23)18-9-5-2-6-10-18;1-14(2,3)13-9-12(15-10-16-13)11-7-5-4-6-8-11;1-4(6)3-5(2)7;2-1-6(3,4)5;/h1-38H;1-16H;4-7,9-10H,1-3H3;3,6H,1-2H3;5H,1H2;/q;;-1;;;. The van der Waals surface area contributed by atoms with E-state index in [0.717, 1.165) is 55.8 Å². The van der Waals surface area contributed by atoms with Crippen molar-refractivity contribution in [2.24, 2.45) is 0 Å². The Morgan fingerprint density at radius 2 is 0.868 bits per heavy atom. The summed E-state index contributed by atoms with van der Waals surface area (Å²) in [7, 11) is 14.8. The van der Waals surface area contributed by atoms with Crippen molar-refractivity contribution in [1.82, 2.24) is 24.5 Å². The molecule has 0 saturated heterocycles. The van der Waals surface area contributed by atoms with Gasteiger partial charge < -0.3 is 19.7 Å². The number of aliphatic hydroxyl groups excluding tert-OH is 1. The van der Waals surface area contributed by atoms with Crippen LogP contribution in [-0.4, -0.2) is 64.4 Å². The summed E-state index contributed by atoms with van der Waals surface area (Å²) >= 11 is 0. The Kier molecular flexibility index (Phi) is 25.3. The predicted octanol–water partition coefficient (Wildman–Crippen LogP) is 26.0. The Bertz CT molecular complexity index is 6210. The van der Waals surface area contributed by atoms with E-state index in [1.165, 1.54) is 125 Å². The number of pyridine rings is 2. The van der Waals surface area contributed by atoms with E-state index in [1.807, 2.05) is 54.9 Å². The number of carbonyl (C=O) groups excluding carboxylic acids is 1. The fourth-order valence-corrected chi connectivity index (χ4v) is 14.1. The zero-order valence-electron chi connectivity index (χ0n) is 64.0. The molecule has 2 N–H and O–H groups in total. The van der Waals surface area contributed by atoms with Crippen LogP contribution >= 0.6 is 6.81 Å². The van der Waals surface area contributed by atoms with Gasteiger partial charge in [0.05, 0.1) is 35.7 Å². The number of carbonyl (C=O) groups is 1. The number of hydrogen-bond acceptors (Lipinski definition) is 8. The summed E-state index contributed by atoms with van der Waals surface area (Å²) in [4.78, 5) is 30.3. The maximum Gasteiger partial charge on any atom is 0.155 e. The van der Waals surface area contributed by atoms with E-state index in [4.69, 9.17) is 33.2 Å². The number of aliphatic hydroxyl groups is 1. The number of nitrogens with one attached hydrogen (secondary N) is 1. The van der Waals surface area contributed by atoms with Gasteiger partial charge in [0.15, 0.2) is 5.78 Å². The van der Waals surface area contributed by atoms with Crippen molar-refractivity contribution in [3.05, 3.63) is 388 Å².